The first-order valence-electron chi connectivity index (χ1n) is 9.13. The second kappa shape index (κ2) is 7.63. The Balaban J connectivity index is 1.53. The number of nitrogens with one attached hydrogen (secondary N) is 1. The molecule has 1 aliphatic heterocycles. The van der Waals surface area contributed by atoms with Crippen LogP contribution in [0, 0.1) is 5.41 Å². The fraction of sp³-hybridized carbons (Fsp3) is 0.300. The highest BCUT2D eigenvalue weighted by molar-refractivity contribution is 7.55. The Bertz CT molecular complexity index is 1020. The predicted molar refractivity (Wildman–Crippen MR) is 108 cm³/mol. The van der Waals surface area contributed by atoms with E-state index in [1.807, 2.05) is 44.2 Å². The third kappa shape index (κ3) is 4.19. The van der Waals surface area contributed by atoms with Crippen molar-refractivity contribution >= 4 is 13.8 Å². The van der Waals surface area contributed by atoms with Crippen LogP contribution < -0.4 is 9.82 Å². The van der Waals surface area contributed by atoms with Crippen molar-refractivity contribution in [3.63, 3.8) is 0 Å². The summed E-state index contributed by atoms with van der Waals surface area (Å²) in [5, 5.41) is 10.6. The molecule has 0 saturated carbocycles. The second-order valence-corrected chi connectivity index (χ2v) is 9.10. The summed E-state index contributed by atoms with van der Waals surface area (Å²) >= 11 is 0. The minimum absolute atomic E-state index is 0.0364. The van der Waals surface area contributed by atoms with Crippen molar-refractivity contribution in [2.45, 2.75) is 20.0 Å². The minimum atomic E-state index is -3.69. The number of methoxy groups -OCH3 is 1. The van der Waals surface area contributed by atoms with Gasteiger partial charge in [0.15, 0.2) is 0 Å². The molecule has 152 valence electrons. The van der Waals surface area contributed by atoms with Gasteiger partial charge in [0.05, 0.1) is 13.7 Å². The number of hydrogen-bond donors (Lipinski definition) is 1. The molecule has 4 rings (SSSR count). The zero-order chi connectivity index (χ0) is 20.5. The van der Waals surface area contributed by atoms with Gasteiger partial charge < -0.3 is 9.15 Å². The Kier molecular flexibility index (Phi) is 5.17. The Hall–Kier alpha value is -2.67. The van der Waals surface area contributed by atoms with E-state index in [4.69, 9.17) is 18.2 Å². The van der Waals surface area contributed by atoms with Crippen molar-refractivity contribution in [1.29, 1.82) is 0 Å². The van der Waals surface area contributed by atoms with Gasteiger partial charge in [0.1, 0.15) is 11.9 Å². The molecule has 1 N–H and O–H groups in total. The Morgan fingerprint density at radius 3 is 2.52 bits per heavy atom. The lowest BCUT2D eigenvalue weighted by Crippen LogP contribution is -2.34. The summed E-state index contributed by atoms with van der Waals surface area (Å²) in [4.78, 5) is 0. The third-order valence-corrected chi connectivity index (χ3v) is 6.08. The van der Waals surface area contributed by atoms with E-state index in [1.54, 1.807) is 31.4 Å². The first-order chi connectivity index (χ1) is 13.9. The second-order valence-electron chi connectivity index (χ2n) is 7.41. The fourth-order valence-corrected chi connectivity index (χ4v) is 4.76. The molecule has 1 aromatic heterocycles. The van der Waals surface area contributed by atoms with Gasteiger partial charge in [-0.15, -0.1) is 5.10 Å². The number of hydrogen-bond acceptors (Lipinski definition) is 7. The highest BCUT2D eigenvalue weighted by atomic mass is 31.2. The normalized spacial score (nSPS) is 23.5. The smallest absolute Gasteiger partial charge is 0.436 e. The highest BCUT2D eigenvalue weighted by Gasteiger charge is 2.46. The van der Waals surface area contributed by atoms with Crippen LogP contribution in [0.3, 0.4) is 0 Å². The third-order valence-electron chi connectivity index (χ3n) is 4.66. The number of anilines is 1. The van der Waals surface area contributed by atoms with Crippen molar-refractivity contribution < 1.29 is 22.8 Å². The van der Waals surface area contributed by atoms with E-state index < -0.39 is 13.9 Å². The van der Waals surface area contributed by atoms with Crippen LogP contribution in [0.4, 0.5) is 6.01 Å². The fourth-order valence-electron chi connectivity index (χ4n) is 3.07. The first kappa shape index (κ1) is 19.6. The Morgan fingerprint density at radius 1 is 1.10 bits per heavy atom. The summed E-state index contributed by atoms with van der Waals surface area (Å²) in [5.74, 6) is 0.994. The summed E-state index contributed by atoms with van der Waals surface area (Å²) in [6, 6.07) is 16.8. The molecular weight excluding hydrogens is 393 g/mol. The number of nitrogens with zero attached hydrogens (tertiary/aromatic N) is 2. The van der Waals surface area contributed by atoms with Gasteiger partial charge in [0.2, 0.25) is 5.89 Å². The maximum Gasteiger partial charge on any atom is 0.436 e. The molecule has 1 aliphatic rings. The highest BCUT2D eigenvalue weighted by Crippen LogP contribution is 2.60. The molecule has 2 heterocycles. The van der Waals surface area contributed by atoms with Gasteiger partial charge >= 0.3 is 13.8 Å². The standard InChI is InChI=1S/C20H22N3O5P/c1-20(2)13-26-29(24,28-17(20)14-7-5-4-6-8-14)23-19-22-21-18(27-19)15-9-11-16(25-3)12-10-15/h4-12,17H,13H2,1-3H3,(H,22,23,24)/t17-,29?/m0/s1. The van der Waals surface area contributed by atoms with Crippen LogP contribution in [0.1, 0.15) is 25.5 Å². The van der Waals surface area contributed by atoms with Gasteiger partial charge in [-0.25, -0.2) is 9.65 Å². The number of benzene rings is 2. The predicted octanol–water partition coefficient (Wildman–Crippen LogP) is 5.08. The average molecular weight is 415 g/mol. The molecule has 29 heavy (non-hydrogen) atoms. The van der Waals surface area contributed by atoms with Gasteiger partial charge in [-0.1, -0.05) is 49.3 Å². The van der Waals surface area contributed by atoms with Crippen molar-refractivity contribution in [3.05, 3.63) is 60.2 Å². The van der Waals surface area contributed by atoms with Crippen LogP contribution in [-0.4, -0.2) is 23.9 Å². The van der Waals surface area contributed by atoms with Gasteiger partial charge in [0, 0.05) is 11.0 Å². The summed E-state index contributed by atoms with van der Waals surface area (Å²) in [6.07, 6.45) is -0.417. The molecule has 2 aromatic carbocycles. The van der Waals surface area contributed by atoms with Gasteiger partial charge in [0.25, 0.3) is 0 Å². The van der Waals surface area contributed by atoms with Crippen LogP contribution in [0.25, 0.3) is 11.5 Å². The van der Waals surface area contributed by atoms with Crippen molar-refractivity contribution in [2.75, 3.05) is 18.8 Å². The first-order valence-corrected chi connectivity index (χ1v) is 10.7. The van der Waals surface area contributed by atoms with E-state index in [9.17, 15) is 4.57 Å². The molecule has 9 heteroatoms. The van der Waals surface area contributed by atoms with E-state index in [1.165, 1.54) is 0 Å². The Labute approximate surface area is 168 Å². The van der Waals surface area contributed by atoms with Crippen LogP contribution in [0.15, 0.2) is 59.0 Å². The zero-order valence-electron chi connectivity index (χ0n) is 16.4. The molecule has 0 bridgehead atoms. The topological polar surface area (TPSA) is 95.7 Å². The largest absolute Gasteiger partial charge is 0.497 e. The van der Waals surface area contributed by atoms with E-state index in [2.05, 4.69) is 15.3 Å². The summed E-state index contributed by atoms with van der Waals surface area (Å²) < 4.78 is 35.4. The maximum absolute atomic E-state index is 13.2. The molecule has 2 atom stereocenters. The van der Waals surface area contributed by atoms with E-state index in [0.29, 0.717) is 5.56 Å². The lowest BCUT2D eigenvalue weighted by atomic mass is 9.83. The molecular formula is C20H22N3O5P. The van der Waals surface area contributed by atoms with E-state index >= 15 is 0 Å². The van der Waals surface area contributed by atoms with E-state index in [0.717, 1.165) is 11.3 Å². The summed E-state index contributed by atoms with van der Waals surface area (Å²) in [7, 11) is -2.10. The summed E-state index contributed by atoms with van der Waals surface area (Å²) in [5.41, 5.74) is 1.27. The van der Waals surface area contributed by atoms with Crippen LogP contribution in [-0.2, 0) is 13.6 Å². The van der Waals surface area contributed by atoms with Crippen LogP contribution in [0.5, 0.6) is 5.75 Å². The molecule has 3 aromatic rings. The number of rotatable bonds is 5. The molecule has 8 nitrogen and oxygen atoms in total. The summed E-state index contributed by atoms with van der Waals surface area (Å²) in [6.45, 7) is 4.25. The average Bonchev–Trinajstić information content (AvgIpc) is 3.19. The van der Waals surface area contributed by atoms with E-state index in [-0.39, 0.29) is 23.9 Å². The Morgan fingerprint density at radius 2 is 1.83 bits per heavy atom. The molecule has 0 aliphatic carbocycles. The van der Waals surface area contributed by atoms with Crippen molar-refractivity contribution in [1.82, 2.24) is 10.2 Å². The molecule has 0 spiro atoms. The zero-order valence-corrected chi connectivity index (χ0v) is 17.3. The molecule has 1 saturated heterocycles. The molecule has 0 radical (unpaired) electrons. The minimum Gasteiger partial charge on any atom is -0.497 e. The maximum atomic E-state index is 13.2. The van der Waals surface area contributed by atoms with Gasteiger partial charge in [-0.05, 0) is 29.8 Å². The van der Waals surface area contributed by atoms with Gasteiger partial charge in [-0.3, -0.25) is 9.05 Å². The molecule has 1 unspecified atom stereocenters. The number of ether oxygens (including phenoxy) is 1. The quantitative estimate of drug-likeness (QED) is 0.577. The number of aromatic nitrogens is 2. The monoisotopic (exact) mass is 415 g/mol. The van der Waals surface area contributed by atoms with Crippen LogP contribution >= 0.6 is 7.75 Å². The molecule has 0 amide bonds. The lowest BCUT2D eigenvalue weighted by Gasteiger charge is -2.41. The van der Waals surface area contributed by atoms with Crippen LogP contribution in [0.2, 0.25) is 0 Å². The molecule has 1 fully saturated rings. The van der Waals surface area contributed by atoms with Crippen molar-refractivity contribution in [3.8, 4) is 17.2 Å². The SMILES string of the molecule is COc1ccc(-c2nnc(NP3(=O)OCC(C)(C)[C@H](c4ccccc4)O3)o2)cc1. The van der Waals surface area contributed by atoms with Gasteiger partial charge in [-0.2, -0.15) is 0 Å². The lowest BCUT2D eigenvalue weighted by molar-refractivity contribution is -0.0250. The van der Waals surface area contributed by atoms with Crippen molar-refractivity contribution in [2.24, 2.45) is 5.41 Å².